The SMILES string of the molecule is CC(CN)(Cc1ccc(F)cc1)OCCO. The minimum Gasteiger partial charge on any atom is -0.394 e. The first-order valence-electron chi connectivity index (χ1n) is 5.29. The van der Waals surface area contributed by atoms with Crippen LogP contribution in [0.25, 0.3) is 0 Å². The summed E-state index contributed by atoms with van der Waals surface area (Å²) in [5, 5.41) is 8.71. The van der Waals surface area contributed by atoms with Gasteiger partial charge in [-0.2, -0.15) is 0 Å². The Hall–Kier alpha value is -0.970. The lowest BCUT2D eigenvalue weighted by atomic mass is 9.96. The molecule has 1 aromatic carbocycles. The third-order valence-corrected chi connectivity index (χ3v) is 2.46. The third-order valence-electron chi connectivity index (χ3n) is 2.46. The van der Waals surface area contributed by atoms with Crippen LogP contribution in [0.4, 0.5) is 4.39 Å². The van der Waals surface area contributed by atoms with Crippen LogP contribution < -0.4 is 5.73 Å². The monoisotopic (exact) mass is 227 g/mol. The Morgan fingerprint density at radius 3 is 2.50 bits per heavy atom. The maximum absolute atomic E-state index is 12.7. The van der Waals surface area contributed by atoms with Crippen molar-refractivity contribution in [3.63, 3.8) is 0 Å². The number of ether oxygens (including phenoxy) is 1. The van der Waals surface area contributed by atoms with Gasteiger partial charge in [0, 0.05) is 13.0 Å². The van der Waals surface area contributed by atoms with E-state index in [0.29, 0.717) is 13.0 Å². The molecular weight excluding hydrogens is 209 g/mol. The van der Waals surface area contributed by atoms with Crippen LogP contribution in [0.1, 0.15) is 12.5 Å². The van der Waals surface area contributed by atoms with E-state index in [-0.39, 0.29) is 19.0 Å². The highest BCUT2D eigenvalue weighted by Crippen LogP contribution is 2.16. The maximum Gasteiger partial charge on any atom is 0.123 e. The summed E-state index contributed by atoms with van der Waals surface area (Å²) in [6.45, 7) is 2.46. The van der Waals surface area contributed by atoms with Crippen LogP contribution in [0, 0.1) is 5.82 Å². The smallest absolute Gasteiger partial charge is 0.123 e. The van der Waals surface area contributed by atoms with E-state index in [0.717, 1.165) is 5.56 Å². The zero-order valence-electron chi connectivity index (χ0n) is 9.45. The van der Waals surface area contributed by atoms with Gasteiger partial charge in [-0.05, 0) is 24.6 Å². The molecular formula is C12H18FNO2. The standard InChI is InChI=1S/C12H18FNO2/c1-12(9-14,16-7-6-15)8-10-2-4-11(13)5-3-10/h2-5,15H,6-9,14H2,1H3. The number of rotatable bonds is 6. The average Bonchev–Trinajstić information content (AvgIpc) is 2.30. The van der Waals surface area contributed by atoms with Crippen molar-refractivity contribution in [3.05, 3.63) is 35.6 Å². The molecule has 0 saturated heterocycles. The molecule has 16 heavy (non-hydrogen) atoms. The quantitative estimate of drug-likeness (QED) is 0.765. The molecule has 0 bridgehead atoms. The molecule has 0 amide bonds. The minimum absolute atomic E-state index is 0.0288. The number of aliphatic hydroxyl groups excluding tert-OH is 1. The largest absolute Gasteiger partial charge is 0.394 e. The molecule has 0 aliphatic rings. The van der Waals surface area contributed by atoms with E-state index in [1.54, 1.807) is 12.1 Å². The van der Waals surface area contributed by atoms with E-state index in [1.165, 1.54) is 12.1 Å². The summed E-state index contributed by atoms with van der Waals surface area (Å²) in [5.41, 5.74) is 6.10. The summed E-state index contributed by atoms with van der Waals surface area (Å²) in [5.74, 6) is -0.255. The van der Waals surface area contributed by atoms with Gasteiger partial charge in [0.1, 0.15) is 5.82 Å². The second kappa shape index (κ2) is 5.94. The molecule has 1 rings (SSSR count). The zero-order chi connectivity index (χ0) is 12.0. The molecule has 4 heteroatoms. The van der Waals surface area contributed by atoms with Gasteiger partial charge in [0.25, 0.3) is 0 Å². The predicted octanol–water partition coefficient (Wildman–Crippen LogP) is 1.09. The molecule has 1 aromatic rings. The van der Waals surface area contributed by atoms with Crippen LogP contribution in [0.5, 0.6) is 0 Å². The summed E-state index contributed by atoms with van der Waals surface area (Å²) >= 11 is 0. The predicted molar refractivity (Wildman–Crippen MR) is 60.6 cm³/mol. The molecule has 0 heterocycles. The molecule has 0 saturated carbocycles. The Bertz CT molecular complexity index is 315. The van der Waals surface area contributed by atoms with Gasteiger partial charge >= 0.3 is 0 Å². The second-order valence-corrected chi connectivity index (χ2v) is 4.03. The van der Waals surface area contributed by atoms with Crippen LogP contribution in [-0.2, 0) is 11.2 Å². The van der Waals surface area contributed by atoms with Gasteiger partial charge in [-0.25, -0.2) is 4.39 Å². The topological polar surface area (TPSA) is 55.5 Å². The molecule has 0 aliphatic carbocycles. The fraction of sp³-hybridized carbons (Fsp3) is 0.500. The van der Waals surface area contributed by atoms with Crippen molar-refractivity contribution in [1.29, 1.82) is 0 Å². The van der Waals surface area contributed by atoms with Crippen LogP contribution in [0.15, 0.2) is 24.3 Å². The van der Waals surface area contributed by atoms with Gasteiger partial charge in [0.05, 0.1) is 18.8 Å². The fourth-order valence-corrected chi connectivity index (χ4v) is 1.51. The van der Waals surface area contributed by atoms with Gasteiger partial charge in [-0.3, -0.25) is 0 Å². The van der Waals surface area contributed by atoms with Crippen molar-refractivity contribution < 1.29 is 14.2 Å². The van der Waals surface area contributed by atoms with E-state index in [2.05, 4.69) is 0 Å². The number of nitrogens with two attached hydrogens (primary N) is 1. The number of aliphatic hydroxyl groups is 1. The summed E-state index contributed by atoms with van der Waals surface area (Å²) in [6.07, 6.45) is 0.601. The molecule has 0 fully saturated rings. The number of halogens is 1. The highest BCUT2D eigenvalue weighted by Gasteiger charge is 2.23. The van der Waals surface area contributed by atoms with Crippen LogP contribution in [0.2, 0.25) is 0 Å². The van der Waals surface area contributed by atoms with Crippen molar-refractivity contribution in [2.45, 2.75) is 18.9 Å². The lowest BCUT2D eigenvalue weighted by Crippen LogP contribution is -2.40. The Balaban J connectivity index is 2.64. The second-order valence-electron chi connectivity index (χ2n) is 4.03. The van der Waals surface area contributed by atoms with Crippen molar-refractivity contribution in [1.82, 2.24) is 0 Å². The van der Waals surface area contributed by atoms with Crippen molar-refractivity contribution >= 4 is 0 Å². The van der Waals surface area contributed by atoms with Gasteiger partial charge in [-0.1, -0.05) is 12.1 Å². The molecule has 0 radical (unpaired) electrons. The number of benzene rings is 1. The van der Waals surface area contributed by atoms with E-state index >= 15 is 0 Å². The Kier molecular flexibility index (Phi) is 4.86. The normalized spacial score (nSPS) is 14.8. The molecule has 0 aliphatic heterocycles. The maximum atomic E-state index is 12.7. The summed E-state index contributed by atoms with van der Waals surface area (Å²) in [4.78, 5) is 0. The molecule has 3 nitrogen and oxygen atoms in total. The lowest BCUT2D eigenvalue weighted by Gasteiger charge is -2.28. The lowest BCUT2D eigenvalue weighted by molar-refractivity contribution is -0.0388. The molecule has 90 valence electrons. The molecule has 1 unspecified atom stereocenters. The van der Waals surface area contributed by atoms with Gasteiger partial charge in [0.15, 0.2) is 0 Å². The highest BCUT2D eigenvalue weighted by molar-refractivity contribution is 5.18. The van der Waals surface area contributed by atoms with Gasteiger partial charge < -0.3 is 15.6 Å². The van der Waals surface area contributed by atoms with Crippen LogP contribution >= 0.6 is 0 Å². The Morgan fingerprint density at radius 2 is 2.00 bits per heavy atom. The number of hydrogen-bond donors (Lipinski definition) is 2. The highest BCUT2D eigenvalue weighted by atomic mass is 19.1. The van der Waals surface area contributed by atoms with Gasteiger partial charge in [0.2, 0.25) is 0 Å². The molecule has 0 aromatic heterocycles. The first-order chi connectivity index (χ1) is 7.59. The minimum atomic E-state index is -0.513. The molecule has 3 N–H and O–H groups in total. The summed E-state index contributed by atoms with van der Waals surface area (Å²) < 4.78 is 18.2. The van der Waals surface area contributed by atoms with E-state index in [4.69, 9.17) is 15.6 Å². The van der Waals surface area contributed by atoms with Crippen LogP contribution in [-0.4, -0.2) is 30.5 Å². The Labute approximate surface area is 95.0 Å². The van der Waals surface area contributed by atoms with E-state index < -0.39 is 5.60 Å². The van der Waals surface area contributed by atoms with Crippen molar-refractivity contribution in [3.8, 4) is 0 Å². The van der Waals surface area contributed by atoms with E-state index in [9.17, 15) is 4.39 Å². The third kappa shape index (κ3) is 3.89. The van der Waals surface area contributed by atoms with Crippen molar-refractivity contribution in [2.75, 3.05) is 19.8 Å². The molecule has 0 spiro atoms. The fourth-order valence-electron chi connectivity index (χ4n) is 1.51. The number of hydrogen-bond acceptors (Lipinski definition) is 3. The Morgan fingerprint density at radius 1 is 1.38 bits per heavy atom. The zero-order valence-corrected chi connectivity index (χ0v) is 9.45. The molecule has 1 atom stereocenters. The first-order valence-corrected chi connectivity index (χ1v) is 5.29. The van der Waals surface area contributed by atoms with Crippen LogP contribution in [0.3, 0.4) is 0 Å². The van der Waals surface area contributed by atoms with Gasteiger partial charge in [-0.15, -0.1) is 0 Å². The first kappa shape index (κ1) is 13.1. The van der Waals surface area contributed by atoms with Crippen molar-refractivity contribution in [2.24, 2.45) is 5.73 Å². The van der Waals surface area contributed by atoms with E-state index in [1.807, 2.05) is 6.92 Å². The average molecular weight is 227 g/mol. The summed E-state index contributed by atoms with van der Waals surface area (Å²) in [7, 11) is 0. The summed E-state index contributed by atoms with van der Waals surface area (Å²) in [6, 6.07) is 6.26.